The molecule has 0 aliphatic heterocycles. The number of hydrogen-bond donors (Lipinski definition) is 3. The van der Waals surface area contributed by atoms with Gasteiger partial charge in [-0.2, -0.15) is 0 Å². The lowest BCUT2D eigenvalue weighted by Crippen LogP contribution is -2.21. The van der Waals surface area contributed by atoms with Crippen LogP contribution in [0.2, 0.25) is 0 Å². The van der Waals surface area contributed by atoms with Crippen LogP contribution in [-0.4, -0.2) is 17.4 Å². The molecule has 0 bridgehead atoms. The molecule has 0 aromatic heterocycles. The maximum absolute atomic E-state index is 10.5. The average molecular weight is 209 g/mol. The van der Waals surface area contributed by atoms with Crippen LogP contribution in [0, 0.1) is 0 Å². The molecule has 0 atom stereocenters. The Labute approximate surface area is 87.3 Å². The summed E-state index contributed by atoms with van der Waals surface area (Å²) in [5.74, 6) is -0.400. The van der Waals surface area contributed by atoms with Crippen LogP contribution < -0.4 is 16.8 Å². The largest absolute Gasteiger partial charge is 0.389 e. The van der Waals surface area contributed by atoms with Gasteiger partial charge in [0.15, 0.2) is 0 Å². The number of hydrogen-bond acceptors (Lipinski definition) is 3. The second kappa shape index (κ2) is 4.57. The third-order valence-electron chi connectivity index (χ3n) is 1.64. The van der Waals surface area contributed by atoms with Crippen molar-refractivity contribution in [2.75, 3.05) is 11.9 Å². The highest BCUT2D eigenvalue weighted by molar-refractivity contribution is 7.80. The van der Waals surface area contributed by atoms with Crippen LogP contribution in [0.1, 0.15) is 5.56 Å². The predicted molar refractivity (Wildman–Crippen MR) is 60.0 cm³/mol. The van der Waals surface area contributed by atoms with Crippen LogP contribution in [0.15, 0.2) is 24.3 Å². The normalized spacial score (nSPS) is 9.43. The number of benzene rings is 1. The zero-order chi connectivity index (χ0) is 10.6. The minimum atomic E-state index is -0.400. The minimum absolute atomic E-state index is 0.117. The summed E-state index contributed by atoms with van der Waals surface area (Å²) >= 11 is 4.79. The minimum Gasteiger partial charge on any atom is -0.389 e. The molecule has 1 amide bonds. The summed E-state index contributed by atoms with van der Waals surface area (Å²) in [6.45, 7) is 0.117. The van der Waals surface area contributed by atoms with Gasteiger partial charge in [0.1, 0.15) is 4.99 Å². The molecule has 0 aliphatic carbocycles. The van der Waals surface area contributed by atoms with Gasteiger partial charge in [0, 0.05) is 11.3 Å². The fourth-order valence-corrected chi connectivity index (χ4v) is 1.08. The number of rotatable bonds is 4. The molecule has 0 spiro atoms. The number of nitrogens with two attached hydrogens (primary N) is 2. The van der Waals surface area contributed by atoms with E-state index >= 15 is 0 Å². The Morgan fingerprint density at radius 3 is 2.29 bits per heavy atom. The van der Waals surface area contributed by atoms with Gasteiger partial charge >= 0.3 is 0 Å². The summed E-state index contributed by atoms with van der Waals surface area (Å²) in [5.41, 5.74) is 12.0. The van der Waals surface area contributed by atoms with Crippen molar-refractivity contribution in [3.05, 3.63) is 29.8 Å². The van der Waals surface area contributed by atoms with E-state index in [1.807, 2.05) is 0 Å². The second-order valence-electron chi connectivity index (χ2n) is 2.76. The van der Waals surface area contributed by atoms with Gasteiger partial charge in [-0.15, -0.1) is 0 Å². The van der Waals surface area contributed by atoms with Crippen molar-refractivity contribution in [1.29, 1.82) is 0 Å². The number of carbonyl (C=O) groups excluding carboxylic acids is 1. The first-order valence-corrected chi connectivity index (χ1v) is 4.42. The van der Waals surface area contributed by atoms with E-state index < -0.39 is 5.91 Å². The number of nitrogens with one attached hydrogen (secondary N) is 1. The van der Waals surface area contributed by atoms with Crippen LogP contribution in [0.4, 0.5) is 5.69 Å². The van der Waals surface area contributed by atoms with Crippen LogP contribution >= 0.6 is 12.2 Å². The first kappa shape index (κ1) is 10.5. The second-order valence-corrected chi connectivity index (χ2v) is 3.20. The van der Waals surface area contributed by atoms with E-state index in [1.54, 1.807) is 24.3 Å². The molecular formula is C9H11N3OS. The van der Waals surface area contributed by atoms with Gasteiger partial charge in [0.2, 0.25) is 5.91 Å². The highest BCUT2D eigenvalue weighted by Gasteiger charge is 1.97. The van der Waals surface area contributed by atoms with E-state index in [1.165, 1.54) is 0 Å². The number of amides is 1. The van der Waals surface area contributed by atoms with E-state index in [2.05, 4.69) is 5.32 Å². The van der Waals surface area contributed by atoms with Crippen molar-refractivity contribution in [3.8, 4) is 0 Å². The first-order chi connectivity index (χ1) is 6.59. The molecule has 0 saturated heterocycles. The van der Waals surface area contributed by atoms with E-state index in [0.29, 0.717) is 4.99 Å². The van der Waals surface area contributed by atoms with Gasteiger partial charge in [-0.3, -0.25) is 4.79 Å². The lowest BCUT2D eigenvalue weighted by atomic mass is 10.2. The zero-order valence-corrected chi connectivity index (χ0v) is 8.30. The maximum atomic E-state index is 10.5. The van der Waals surface area contributed by atoms with Gasteiger partial charge in [-0.25, -0.2) is 0 Å². The molecule has 5 heteroatoms. The Hall–Kier alpha value is -1.62. The Morgan fingerprint density at radius 2 is 1.86 bits per heavy atom. The molecule has 74 valence electrons. The molecular weight excluding hydrogens is 198 g/mol. The topological polar surface area (TPSA) is 81.1 Å². The van der Waals surface area contributed by atoms with Crippen LogP contribution in [0.5, 0.6) is 0 Å². The van der Waals surface area contributed by atoms with Crippen molar-refractivity contribution in [1.82, 2.24) is 0 Å². The standard InChI is InChI=1S/C9H11N3OS/c10-8(13)5-12-7-3-1-6(2-4-7)9(11)14/h1-4,12H,5H2,(H2,10,13)(H2,11,14). The molecule has 0 heterocycles. The third-order valence-corrected chi connectivity index (χ3v) is 1.87. The van der Waals surface area contributed by atoms with Gasteiger partial charge in [0.25, 0.3) is 0 Å². The summed E-state index contributed by atoms with van der Waals surface area (Å²) in [6.07, 6.45) is 0. The Bertz CT molecular complexity index is 348. The van der Waals surface area contributed by atoms with E-state index in [0.717, 1.165) is 11.3 Å². The highest BCUT2D eigenvalue weighted by Crippen LogP contribution is 2.08. The first-order valence-electron chi connectivity index (χ1n) is 4.01. The van der Waals surface area contributed by atoms with Crippen LogP contribution in [0.3, 0.4) is 0 Å². The van der Waals surface area contributed by atoms with Crippen LogP contribution in [-0.2, 0) is 4.79 Å². The van der Waals surface area contributed by atoms with Gasteiger partial charge in [-0.1, -0.05) is 12.2 Å². The van der Waals surface area contributed by atoms with Crippen molar-refractivity contribution >= 4 is 28.8 Å². The van der Waals surface area contributed by atoms with Gasteiger partial charge in [-0.05, 0) is 24.3 Å². The average Bonchev–Trinajstić information content (AvgIpc) is 2.15. The molecule has 0 aliphatic rings. The molecule has 5 N–H and O–H groups in total. The van der Waals surface area contributed by atoms with E-state index in [9.17, 15) is 4.79 Å². The van der Waals surface area contributed by atoms with Crippen molar-refractivity contribution in [2.24, 2.45) is 11.5 Å². The van der Waals surface area contributed by atoms with Gasteiger partial charge in [0.05, 0.1) is 6.54 Å². The molecule has 1 aromatic rings. The smallest absolute Gasteiger partial charge is 0.236 e. The predicted octanol–water partition coefficient (Wildman–Crippen LogP) is 0.218. The molecule has 14 heavy (non-hydrogen) atoms. The lowest BCUT2D eigenvalue weighted by molar-refractivity contribution is -0.116. The summed E-state index contributed by atoms with van der Waals surface area (Å²) in [4.78, 5) is 10.8. The molecule has 4 nitrogen and oxygen atoms in total. The Balaban J connectivity index is 2.64. The van der Waals surface area contributed by atoms with Crippen molar-refractivity contribution in [2.45, 2.75) is 0 Å². The lowest BCUT2D eigenvalue weighted by Gasteiger charge is -2.04. The number of thiocarbonyl (C=S) groups is 1. The highest BCUT2D eigenvalue weighted by atomic mass is 32.1. The monoisotopic (exact) mass is 209 g/mol. The third kappa shape index (κ3) is 3.02. The molecule has 1 rings (SSSR count). The number of primary amides is 1. The fraction of sp³-hybridized carbons (Fsp3) is 0.111. The molecule has 1 aromatic carbocycles. The summed E-state index contributed by atoms with van der Waals surface area (Å²) in [6, 6.07) is 7.15. The quantitative estimate of drug-likeness (QED) is 0.619. The fourth-order valence-electron chi connectivity index (χ4n) is 0.942. The van der Waals surface area contributed by atoms with Crippen molar-refractivity contribution < 1.29 is 4.79 Å². The SMILES string of the molecule is NC(=O)CNc1ccc(C(N)=S)cc1. The Kier molecular flexibility index (Phi) is 3.41. The molecule has 0 radical (unpaired) electrons. The summed E-state index contributed by atoms with van der Waals surface area (Å²) < 4.78 is 0. The molecule has 0 fully saturated rings. The number of carbonyl (C=O) groups is 1. The Morgan fingerprint density at radius 1 is 1.29 bits per heavy atom. The maximum Gasteiger partial charge on any atom is 0.236 e. The summed E-state index contributed by atoms with van der Waals surface area (Å²) in [7, 11) is 0. The summed E-state index contributed by atoms with van der Waals surface area (Å²) in [5, 5.41) is 2.85. The zero-order valence-electron chi connectivity index (χ0n) is 7.49. The van der Waals surface area contributed by atoms with Crippen LogP contribution in [0.25, 0.3) is 0 Å². The van der Waals surface area contributed by atoms with E-state index in [-0.39, 0.29) is 6.54 Å². The van der Waals surface area contributed by atoms with Crippen molar-refractivity contribution in [3.63, 3.8) is 0 Å². The number of anilines is 1. The van der Waals surface area contributed by atoms with E-state index in [4.69, 9.17) is 23.7 Å². The molecule has 0 saturated carbocycles. The molecule has 0 unspecified atom stereocenters. The van der Waals surface area contributed by atoms with Gasteiger partial charge < -0.3 is 16.8 Å².